The number of hydrogen-bond donors (Lipinski definition) is 1. The van der Waals surface area contributed by atoms with Crippen LogP contribution in [0.1, 0.15) is 32.8 Å². The summed E-state index contributed by atoms with van der Waals surface area (Å²) in [6.45, 7) is 5.70. The number of carbonyl (C=O) groups is 2. The summed E-state index contributed by atoms with van der Waals surface area (Å²) < 4.78 is 10.8. The summed E-state index contributed by atoms with van der Waals surface area (Å²) in [5, 5.41) is 3.51. The average Bonchev–Trinajstić information content (AvgIpc) is 2.75. The van der Waals surface area contributed by atoms with Crippen LogP contribution < -0.4 is 14.8 Å². The summed E-state index contributed by atoms with van der Waals surface area (Å²) in [5.41, 5.74) is 0.837. The Morgan fingerprint density at radius 1 is 1.10 bits per heavy atom. The SMILES string of the molecule is CC[C@H](C)NC(=O)[C@@H](C)N(Cc1cccc(Cl)c1)C(=O)COc1ccc(OC)cc1. The van der Waals surface area contributed by atoms with E-state index in [0.29, 0.717) is 16.5 Å². The molecular weight excluding hydrogens is 404 g/mol. The van der Waals surface area contributed by atoms with Crippen LogP contribution in [0.2, 0.25) is 5.02 Å². The van der Waals surface area contributed by atoms with Gasteiger partial charge in [0.05, 0.1) is 7.11 Å². The van der Waals surface area contributed by atoms with Gasteiger partial charge in [0.25, 0.3) is 5.91 Å². The normalized spacial score (nSPS) is 12.6. The zero-order valence-electron chi connectivity index (χ0n) is 17.9. The molecule has 0 heterocycles. The second kappa shape index (κ2) is 11.5. The van der Waals surface area contributed by atoms with Gasteiger partial charge in [0.1, 0.15) is 17.5 Å². The average molecular weight is 433 g/mol. The highest BCUT2D eigenvalue weighted by Crippen LogP contribution is 2.18. The molecule has 2 aromatic carbocycles. The third-order valence-corrected chi connectivity index (χ3v) is 5.07. The molecule has 7 heteroatoms. The first kappa shape index (κ1) is 23.5. The van der Waals surface area contributed by atoms with Crippen LogP contribution in [0.4, 0.5) is 0 Å². The number of rotatable bonds is 10. The second-order valence-electron chi connectivity index (χ2n) is 7.11. The molecule has 6 nitrogen and oxygen atoms in total. The largest absolute Gasteiger partial charge is 0.497 e. The maximum absolute atomic E-state index is 13.0. The summed E-state index contributed by atoms with van der Waals surface area (Å²) in [6, 6.07) is 13.6. The monoisotopic (exact) mass is 432 g/mol. The molecule has 0 aliphatic heterocycles. The van der Waals surface area contributed by atoms with Gasteiger partial charge < -0.3 is 19.7 Å². The Morgan fingerprint density at radius 3 is 2.37 bits per heavy atom. The fraction of sp³-hybridized carbons (Fsp3) is 0.391. The number of halogens is 1. The lowest BCUT2D eigenvalue weighted by Gasteiger charge is -2.29. The van der Waals surface area contributed by atoms with Crippen molar-refractivity contribution in [1.29, 1.82) is 0 Å². The van der Waals surface area contributed by atoms with E-state index in [0.717, 1.165) is 12.0 Å². The van der Waals surface area contributed by atoms with E-state index in [1.165, 1.54) is 4.90 Å². The molecule has 2 amide bonds. The van der Waals surface area contributed by atoms with Crippen LogP contribution in [0.15, 0.2) is 48.5 Å². The summed E-state index contributed by atoms with van der Waals surface area (Å²) in [6.07, 6.45) is 0.807. The predicted molar refractivity (Wildman–Crippen MR) is 118 cm³/mol. The van der Waals surface area contributed by atoms with Crippen molar-refractivity contribution in [3.63, 3.8) is 0 Å². The minimum absolute atomic E-state index is 0.0265. The Balaban J connectivity index is 2.13. The first-order valence-corrected chi connectivity index (χ1v) is 10.3. The van der Waals surface area contributed by atoms with E-state index in [1.807, 2.05) is 26.0 Å². The van der Waals surface area contributed by atoms with E-state index in [-0.39, 0.29) is 31.0 Å². The molecule has 0 aliphatic carbocycles. The molecule has 0 fully saturated rings. The quantitative estimate of drug-likeness (QED) is 0.614. The molecule has 0 aromatic heterocycles. The van der Waals surface area contributed by atoms with Crippen molar-refractivity contribution in [2.24, 2.45) is 0 Å². The molecule has 0 aliphatic rings. The Bertz CT molecular complexity index is 841. The van der Waals surface area contributed by atoms with Crippen molar-refractivity contribution in [2.45, 2.75) is 45.8 Å². The Kier molecular flexibility index (Phi) is 8.99. The van der Waals surface area contributed by atoms with E-state index in [1.54, 1.807) is 50.4 Å². The maximum atomic E-state index is 13.0. The molecule has 30 heavy (non-hydrogen) atoms. The summed E-state index contributed by atoms with van der Waals surface area (Å²) >= 11 is 6.09. The number of carbonyl (C=O) groups excluding carboxylic acids is 2. The maximum Gasteiger partial charge on any atom is 0.261 e. The highest BCUT2D eigenvalue weighted by molar-refractivity contribution is 6.30. The first-order valence-electron chi connectivity index (χ1n) is 9.95. The highest BCUT2D eigenvalue weighted by atomic mass is 35.5. The molecule has 0 saturated heterocycles. The van der Waals surface area contributed by atoms with Crippen LogP contribution in [0, 0.1) is 0 Å². The van der Waals surface area contributed by atoms with Gasteiger partial charge in [-0.15, -0.1) is 0 Å². The van der Waals surface area contributed by atoms with E-state index < -0.39 is 6.04 Å². The highest BCUT2D eigenvalue weighted by Gasteiger charge is 2.27. The molecule has 2 aromatic rings. The van der Waals surface area contributed by atoms with Gasteiger partial charge in [0.2, 0.25) is 5.91 Å². The van der Waals surface area contributed by atoms with Crippen LogP contribution in [-0.4, -0.2) is 42.5 Å². The topological polar surface area (TPSA) is 67.9 Å². The number of benzene rings is 2. The second-order valence-corrected chi connectivity index (χ2v) is 7.55. The summed E-state index contributed by atoms with van der Waals surface area (Å²) in [7, 11) is 1.58. The molecule has 0 spiro atoms. The number of amides is 2. The van der Waals surface area contributed by atoms with Crippen molar-refractivity contribution in [1.82, 2.24) is 10.2 Å². The predicted octanol–water partition coefficient (Wildman–Crippen LogP) is 4.06. The Morgan fingerprint density at radius 2 is 1.77 bits per heavy atom. The lowest BCUT2D eigenvalue weighted by atomic mass is 10.1. The molecular formula is C23H29ClN2O4. The van der Waals surface area contributed by atoms with Crippen LogP contribution in [0.3, 0.4) is 0 Å². The van der Waals surface area contributed by atoms with Crippen molar-refractivity contribution in [3.8, 4) is 11.5 Å². The van der Waals surface area contributed by atoms with Gasteiger partial charge in [-0.25, -0.2) is 0 Å². The third-order valence-electron chi connectivity index (χ3n) is 4.83. The van der Waals surface area contributed by atoms with Gasteiger partial charge in [0.15, 0.2) is 6.61 Å². The minimum Gasteiger partial charge on any atom is -0.497 e. The lowest BCUT2D eigenvalue weighted by molar-refractivity contribution is -0.142. The number of nitrogens with zero attached hydrogens (tertiary/aromatic N) is 1. The van der Waals surface area contributed by atoms with E-state index in [4.69, 9.17) is 21.1 Å². The fourth-order valence-corrected chi connectivity index (χ4v) is 2.99. The van der Waals surface area contributed by atoms with Crippen molar-refractivity contribution < 1.29 is 19.1 Å². The van der Waals surface area contributed by atoms with Crippen LogP contribution >= 0.6 is 11.6 Å². The number of nitrogens with one attached hydrogen (secondary N) is 1. The van der Waals surface area contributed by atoms with Gasteiger partial charge in [-0.1, -0.05) is 30.7 Å². The van der Waals surface area contributed by atoms with Gasteiger partial charge in [0, 0.05) is 17.6 Å². The standard InChI is InChI=1S/C23H29ClN2O4/c1-5-16(2)25-23(28)17(3)26(14-18-7-6-8-19(24)13-18)22(27)15-30-21-11-9-20(29-4)10-12-21/h6-13,16-17H,5,14-15H2,1-4H3,(H,25,28)/t16-,17+/m0/s1. The smallest absolute Gasteiger partial charge is 0.261 e. The minimum atomic E-state index is -0.662. The van der Waals surface area contributed by atoms with Gasteiger partial charge in [-0.3, -0.25) is 9.59 Å². The van der Waals surface area contributed by atoms with E-state index >= 15 is 0 Å². The van der Waals surface area contributed by atoms with E-state index in [2.05, 4.69) is 5.32 Å². The molecule has 0 radical (unpaired) electrons. The molecule has 0 saturated carbocycles. The summed E-state index contributed by atoms with van der Waals surface area (Å²) in [5.74, 6) is 0.747. The zero-order valence-corrected chi connectivity index (χ0v) is 18.6. The zero-order chi connectivity index (χ0) is 22.1. The molecule has 1 N–H and O–H groups in total. The summed E-state index contributed by atoms with van der Waals surface area (Å²) in [4.78, 5) is 27.2. The van der Waals surface area contributed by atoms with Crippen molar-refractivity contribution in [3.05, 3.63) is 59.1 Å². The lowest BCUT2D eigenvalue weighted by Crippen LogP contribution is -2.50. The fourth-order valence-electron chi connectivity index (χ4n) is 2.78. The Labute approximate surface area is 183 Å². The van der Waals surface area contributed by atoms with Crippen molar-refractivity contribution in [2.75, 3.05) is 13.7 Å². The van der Waals surface area contributed by atoms with E-state index in [9.17, 15) is 9.59 Å². The molecule has 0 unspecified atom stereocenters. The van der Waals surface area contributed by atoms with Gasteiger partial charge in [-0.2, -0.15) is 0 Å². The van der Waals surface area contributed by atoms with Crippen LogP contribution in [0.5, 0.6) is 11.5 Å². The van der Waals surface area contributed by atoms with Crippen LogP contribution in [0.25, 0.3) is 0 Å². The molecule has 2 rings (SSSR count). The van der Waals surface area contributed by atoms with Crippen LogP contribution in [-0.2, 0) is 16.1 Å². The number of hydrogen-bond acceptors (Lipinski definition) is 4. The number of ether oxygens (including phenoxy) is 2. The van der Waals surface area contributed by atoms with Crippen molar-refractivity contribution >= 4 is 23.4 Å². The molecule has 2 atom stereocenters. The van der Waals surface area contributed by atoms with Gasteiger partial charge >= 0.3 is 0 Å². The first-order chi connectivity index (χ1) is 14.3. The molecule has 162 valence electrons. The Hall–Kier alpha value is -2.73. The van der Waals surface area contributed by atoms with Gasteiger partial charge in [-0.05, 0) is 62.2 Å². The molecule has 0 bridgehead atoms. The number of methoxy groups -OCH3 is 1. The third kappa shape index (κ3) is 6.95.